The zero-order chi connectivity index (χ0) is 14.0. The average Bonchev–Trinajstić information content (AvgIpc) is 2.64. The van der Waals surface area contributed by atoms with Crippen molar-refractivity contribution in [2.45, 2.75) is 45.6 Å². The van der Waals surface area contributed by atoms with Gasteiger partial charge in [0.2, 0.25) is 0 Å². The van der Waals surface area contributed by atoms with Crippen molar-refractivity contribution in [2.24, 2.45) is 0 Å². The highest BCUT2D eigenvalue weighted by Crippen LogP contribution is 2.38. The third-order valence-electron chi connectivity index (χ3n) is 2.94. The number of anilines is 1. The average molecular weight is 283 g/mol. The Kier molecular flexibility index (Phi) is 4.09. The molecule has 0 saturated carbocycles. The van der Waals surface area contributed by atoms with Crippen molar-refractivity contribution in [3.8, 4) is 0 Å². The van der Waals surface area contributed by atoms with Crippen LogP contribution in [0.5, 0.6) is 0 Å². The summed E-state index contributed by atoms with van der Waals surface area (Å²) in [5, 5.41) is 12.3. The Balaban J connectivity index is 2.27. The Morgan fingerprint density at radius 1 is 1.32 bits per heavy atom. The molecule has 0 aromatic carbocycles. The first kappa shape index (κ1) is 13.9. The maximum atomic E-state index is 11.6. The first-order chi connectivity index (χ1) is 8.99. The first-order valence-corrected chi connectivity index (χ1v) is 7.16. The number of thiophene rings is 1. The van der Waals surface area contributed by atoms with Crippen LogP contribution in [0.3, 0.4) is 0 Å². The molecule has 0 spiro atoms. The van der Waals surface area contributed by atoms with E-state index in [2.05, 4.69) is 5.32 Å². The summed E-state index contributed by atoms with van der Waals surface area (Å²) in [4.78, 5) is 24.0. The van der Waals surface area contributed by atoms with Gasteiger partial charge in [0, 0.05) is 4.88 Å². The third-order valence-corrected chi connectivity index (χ3v) is 4.15. The molecule has 1 heterocycles. The molecule has 0 saturated heterocycles. The number of aryl methyl sites for hydroxylation is 1. The van der Waals surface area contributed by atoms with E-state index >= 15 is 0 Å². The van der Waals surface area contributed by atoms with Gasteiger partial charge in [0.05, 0.1) is 11.7 Å². The maximum absolute atomic E-state index is 11.6. The summed E-state index contributed by atoms with van der Waals surface area (Å²) >= 11 is 1.35. The Bertz CT molecular complexity index is 507. The lowest BCUT2D eigenvalue weighted by atomic mass is 9.95. The molecule has 0 fully saturated rings. The molecule has 2 rings (SSSR count). The second kappa shape index (κ2) is 5.61. The zero-order valence-corrected chi connectivity index (χ0v) is 11.8. The number of aromatic carboxylic acids is 1. The summed E-state index contributed by atoms with van der Waals surface area (Å²) in [5.41, 5.74) is 1.11. The number of carbonyl (C=O) groups is 2. The number of amides is 1. The second-order valence-corrected chi connectivity index (χ2v) is 5.90. The van der Waals surface area contributed by atoms with E-state index in [1.165, 1.54) is 11.3 Å². The highest BCUT2D eigenvalue weighted by molar-refractivity contribution is 7.17. The Morgan fingerprint density at radius 3 is 2.63 bits per heavy atom. The number of rotatable bonds is 3. The van der Waals surface area contributed by atoms with E-state index in [4.69, 9.17) is 4.74 Å². The summed E-state index contributed by atoms with van der Waals surface area (Å²) in [6.07, 6.45) is 2.90. The minimum Gasteiger partial charge on any atom is -0.478 e. The topological polar surface area (TPSA) is 75.6 Å². The largest absolute Gasteiger partial charge is 0.478 e. The van der Waals surface area contributed by atoms with Gasteiger partial charge >= 0.3 is 12.1 Å². The Hall–Kier alpha value is -1.56. The number of hydrogen-bond acceptors (Lipinski definition) is 4. The van der Waals surface area contributed by atoms with E-state index in [1.54, 1.807) is 13.8 Å². The summed E-state index contributed by atoms with van der Waals surface area (Å²) in [5.74, 6) is -0.987. The van der Waals surface area contributed by atoms with E-state index < -0.39 is 12.1 Å². The van der Waals surface area contributed by atoms with Gasteiger partial charge in [-0.25, -0.2) is 9.59 Å². The predicted molar refractivity (Wildman–Crippen MR) is 73.2 cm³/mol. The number of carbonyl (C=O) groups excluding carboxylic acids is 1. The van der Waals surface area contributed by atoms with Crippen molar-refractivity contribution in [1.82, 2.24) is 0 Å². The highest BCUT2D eigenvalue weighted by Gasteiger charge is 2.26. The van der Waals surface area contributed by atoms with Gasteiger partial charge in [0.15, 0.2) is 0 Å². The SMILES string of the molecule is CC(C)OC(=O)Nc1sc2c(c1C(=O)O)CCCC2. The van der Waals surface area contributed by atoms with Crippen LogP contribution in [0.25, 0.3) is 0 Å². The Morgan fingerprint density at radius 2 is 2.00 bits per heavy atom. The third kappa shape index (κ3) is 3.07. The number of carboxylic acid groups (broad SMARTS) is 1. The summed E-state index contributed by atoms with van der Waals surface area (Å²) in [7, 11) is 0. The molecule has 1 aliphatic rings. The fourth-order valence-corrected chi connectivity index (χ4v) is 3.48. The first-order valence-electron chi connectivity index (χ1n) is 6.34. The van der Waals surface area contributed by atoms with Crippen LogP contribution in [-0.4, -0.2) is 23.3 Å². The lowest BCUT2D eigenvalue weighted by Gasteiger charge is -2.11. The number of nitrogens with one attached hydrogen (secondary N) is 1. The monoisotopic (exact) mass is 283 g/mol. The second-order valence-electron chi connectivity index (χ2n) is 4.80. The maximum Gasteiger partial charge on any atom is 0.412 e. The minimum absolute atomic E-state index is 0.233. The highest BCUT2D eigenvalue weighted by atomic mass is 32.1. The molecule has 1 amide bonds. The van der Waals surface area contributed by atoms with E-state index in [1.807, 2.05) is 0 Å². The number of hydrogen-bond donors (Lipinski definition) is 2. The Labute approximate surface area is 115 Å². The van der Waals surface area contributed by atoms with Crippen LogP contribution in [-0.2, 0) is 17.6 Å². The smallest absolute Gasteiger partial charge is 0.412 e. The molecule has 19 heavy (non-hydrogen) atoms. The van der Waals surface area contributed by atoms with Gasteiger partial charge in [-0.3, -0.25) is 5.32 Å². The van der Waals surface area contributed by atoms with Crippen LogP contribution in [0.1, 0.15) is 47.5 Å². The fourth-order valence-electron chi connectivity index (χ4n) is 2.22. The molecule has 0 unspecified atom stereocenters. The lowest BCUT2D eigenvalue weighted by molar-refractivity contribution is 0.0697. The zero-order valence-electron chi connectivity index (χ0n) is 11.0. The van der Waals surface area contributed by atoms with Crippen LogP contribution in [0.15, 0.2) is 0 Å². The minimum atomic E-state index is -0.987. The molecule has 0 bridgehead atoms. The van der Waals surface area contributed by atoms with Crippen LogP contribution in [0, 0.1) is 0 Å². The number of ether oxygens (including phenoxy) is 1. The van der Waals surface area contributed by atoms with Crippen LogP contribution in [0.4, 0.5) is 9.80 Å². The van der Waals surface area contributed by atoms with E-state index in [9.17, 15) is 14.7 Å². The molecular weight excluding hydrogens is 266 g/mol. The van der Waals surface area contributed by atoms with Gasteiger partial charge in [0.1, 0.15) is 5.00 Å². The fraction of sp³-hybridized carbons (Fsp3) is 0.538. The van der Waals surface area contributed by atoms with Crippen molar-refractivity contribution in [1.29, 1.82) is 0 Å². The molecule has 2 N–H and O–H groups in total. The van der Waals surface area contributed by atoms with Crippen molar-refractivity contribution >= 4 is 28.4 Å². The molecule has 0 aliphatic heterocycles. The van der Waals surface area contributed by atoms with Crippen molar-refractivity contribution in [2.75, 3.05) is 5.32 Å². The molecular formula is C13H17NO4S. The molecule has 1 aromatic rings. The molecule has 5 nitrogen and oxygen atoms in total. The van der Waals surface area contributed by atoms with Crippen molar-refractivity contribution in [3.63, 3.8) is 0 Å². The van der Waals surface area contributed by atoms with Crippen LogP contribution in [0.2, 0.25) is 0 Å². The normalized spacial score (nSPS) is 14.1. The molecule has 104 valence electrons. The van der Waals surface area contributed by atoms with Gasteiger partial charge in [-0.15, -0.1) is 11.3 Å². The molecule has 0 radical (unpaired) electrons. The quantitative estimate of drug-likeness (QED) is 0.892. The standard InChI is InChI=1S/C13H17NO4S/c1-7(2)18-13(17)14-11-10(12(15)16)8-5-3-4-6-9(8)19-11/h7H,3-6H2,1-2H3,(H,14,17)(H,15,16). The van der Waals surface area contributed by atoms with Crippen molar-refractivity contribution in [3.05, 3.63) is 16.0 Å². The lowest BCUT2D eigenvalue weighted by Crippen LogP contribution is -2.19. The number of fused-ring (bicyclic) bond motifs is 1. The van der Waals surface area contributed by atoms with E-state index in [-0.39, 0.29) is 11.7 Å². The van der Waals surface area contributed by atoms with Crippen LogP contribution >= 0.6 is 11.3 Å². The molecule has 1 aliphatic carbocycles. The summed E-state index contributed by atoms with van der Waals surface area (Å²) in [6.45, 7) is 3.49. The van der Waals surface area contributed by atoms with Gasteiger partial charge in [-0.2, -0.15) is 0 Å². The van der Waals surface area contributed by atoms with E-state index in [0.29, 0.717) is 5.00 Å². The summed E-state index contributed by atoms with van der Waals surface area (Å²) in [6, 6.07) is 0. The number of carboxylic acids is 1. The summed E-state index contributed by atoms with van der Waals surface area (Å²) < 4.78 is 4.98. The van der Waals surface area contributed by atoms with Crippen LogP contribution < -0.4 is 5.32 Å². The van der Waals surface area contributed by atoms with Gasteiger partial charge in [-0.05, 0) is 45.1 Å². The predicted octanol–water partition coefficient (Wildman–Crippen LogP) is 3.28. The van der Waals surface area contributed by atoms with Gasteiger partial charge in [0.25, 0.3) is 0 Å². The molecule has 0 atom stereocenters. The van der Waals surface area contributed by atoms with Crippen molar-refractivity contribution < 1.29 is 19.4 Å². The van der Waals surface area contributed by atoms with Gasteiger partial charge in [-0.1, -0.05) is 0 Å². The van der Waals surface area contributed by atoms with E-state index in [0.717, 1.165) is 36.1 Å². The van der Waals surface area contributed by atoms with Gasteiger partial charge < -0.3 is 9.84 Å². The molecule has 6 heteroatoms. The molecule has 1 aromatic heterocycles.